The molecule has 0 fully saturated rings. The van der Waals surface area contributed by atoms with Crippen molar-refractivity contribution in [3.63, 3.8) is 0 Å². The lowest BCUT2D eigenvalue weighted by Crippen LogP contribution is -1.87. The number of rotatable bonds is 1. The van der Waals surface area contributed by atoms with E-state index in [0.29, 0.717) is 17.0 Å². The molecule has 0 aliphatic heterocycles. The smallest absolute Gasteiger partial charge is 0.178 e. The summed E-state index contributed by atoms with van der Waals surface area (Å²) in [6.07, 6.45) is 1.67. The second kappa shape index (κ2) is 4.17. The fraction of sp³-hybridized carbons (Fsp3) is 0.0769. The molecule has 3 rings (SSSR count). The number of aromatic nitrogens is 3. The summed E-state index contributed by atoms with van der Waals surface area (Å²) in [7, 11) is 0. The van der Waals surface area contributed by atoms with Crippen LogP contribution < -0.4 is 0 Å². The Morgan fingerprint density at radius 2 is 2.11 bits per heavy atom. The van der Waals surface area contributed by atoms with Crippen LogP contribution in [0.25, 0.3) is 22.6 Å². The molecule has 0 unspecified atom stereocenters. The van der Waals surface area contributed by atoms with Gasteiger partial charge in [-0.25, -0.2) is 14.4 Å². The van der Waals surface area contributed by atoms with Crippen molar-refractivity contribution in [1.82, 2.24) is 15.0 Å². The number of aryl methyl sites for hydroxylation is 1. The zero-order valence-corrected chi connectivity index (χ0v) is 11.1. The largest absolute Gasteiger partial charge is 0.336 e. The summed E-state index contributed by atoms with van der Waals surface area (Å²) in [6.45, 7) is 1.92. The van der Waals surface area contributed by atoms with Crippen molar-refractivity contribution >= 4 is 27.1 Å². The lowest BCUT2D eigenvalue weighted by atomic mass is 10.1. The van der Waals surface area contributed by atoms with Crippen LogP contribution in [0.1, 0.15) is 5.56 Å². The average molecular weight is 306 g/mol. The van der Waals surface area contributed by atoms with Gasteiger partial charge in [0.25, 0.3) is 0 Å². The number of fused-ring (bicyclic) bond motifs is 1. The third-order valence-corrected chi connectivity index (χ3v) is 3.11. The average Bonchev–Trinajstić information content (AvgIpc) is 2.74. The van der Waals surface area contributed by atoms with Crippen molar-refractivity contribution in [3.8, 4) is 11.4 Å². The van der Waals surface area contributed by atoms with Crippen LogP contribution in [0.2, 0.25) is 0 Å². The summed E-state index contributed by atoms with van der Waals surface area (Å²) in [4.78, 5) is 11.5. The highest BCUT2D eigenvalue weighted by atomic mass is 79.9. The van der Waals surface area contributed by atoms with Crippen molar-refractivity contribution < 1.29 is 4.39 Å². The number of halogens is 2. The van der Waals surface area contributed by atoms with Gasteiger partial charge in [-0.15, -0.1) is 0 Å². The number of pyridine rings is 1. The molecule has 0 spiro atoms. The Bertz CT molecular complexity index is 736. The van der Waals surface area contributed by atoms with Gasteiger partial charge in [-0.3, -0.25) is 0 Å². The Morgan fingerprint density at radius 1 is 1.28 bits per heavy atom. The minimum Gasteiger partial charge on any atom is -0.336 e. The molecule has 90 valence electrons. The molecule has 2 aromatic heterocycles. The molecular weight excluding hydrogens is 297 g/mol. The molecule has 1 aromatic carbocycles. The van der Waals surface area contributed by atoms with Crippen LogP contribution >= 0.6 is 15.9 Å². The normalized spacial score (nSPS) is 11.1. The molecule has 0 saturated heterocycles. The Labute approximate surface area is 111 Å². The van der Waals surface area contributed by atoms with E-state index in [1.165, 1.54) is 6.07 Å². The van der Waals surface area contributed by atoms with E-state index in [1.54, 1.807) is 18.3 Å². The van der Waals surface area contributed by atoms with E-state index in [0.717, 1.165) is 15.6 Å². The van der Waals surface area contributed by atoms with Crippen molar-refractivity contribution in [2.75, 3.05) is 0 Å². The first-order valence-electron chi connectivity index (χ1n) is 5.41. The van der Waals surface area contributed by atoms with Crippen molar-refractivity contribution in [2.24, 2.45) is 0 Å². The van der Waals surface area contributed by atoms with Gasteiger partial charge < -0.3 is 4.98 Å². The topological polar surface area (TPSA) is 41.6 Å². The number of hydrogen-bond acceptors (Lipinski definition) is 2. The van der Waals surface area contributed by atoms with Gasteiger partial charge in [-0.05, 0) is 41.1 Å². The molecule has 18 heavy (non-hydrogen) atoms. The van der Waals surface area contributed by atoms with Crippen LogP contribution in [0.3, 0.4) is 0 Å². The van der Waals surface area contributed by atoms with Crippen molar-refractivity contribution in [3.05, 3.63) is 46.3 Å². The molecule has 0 radical (unpaired) electrons. The number of benzene rings is 1. The summed E-state index contributed by atoms with van der Waals surface area (Å²) in [5.74, 6) is 0.204. The van der Waals surface area contributed by atoms with E-state index in [-0.39, 0.29) is 5.82 Å². The molecule has 3 nitrogen and oxygen atoms in total. The maximum Gasteiger partial charge on any atom is 0.178 e. The number of H-pyrrole nitrogens is 1. The summed E-state index contributed by atoms with van der Waals surface area (Å²) in [6, 6.07) is 6.81. The maximum atomic E-state index is 13.8. The highest BCUT2D eigenvalue weighted by molar-refractivity contribution is 9.10. The highest BCUT2D eigenvalue weighted by Gasteiger charge is 2.11. The van der Waals surface area contributed by atoms with E-state index in [1.807, 2.05) is 13.0 Å². The Balaban J connectivity index is 2.22. The Morgan fingerprint density at radius 3 is 2.94 bits per heavy atom. The van der Waals surface area contributed by atoms with Crippen molar-refractivity contribution in [2.45, 2.75) is 6.92 Å². The first-order valence-corrected chi connectivity index (χ1v) is 6.20. The third kappa shape index (κ3) is 1.90. The van der Waals surface area contributed by atoms with Crippen LogP contribution in [-0.2, 0) is 0 Å². The minimum atomic E-state index is -0.293. The Hall–Kier alpha value is -1.75. The van der Waals surface area contributed by atoms with Gasteiger partial charge in [0.2, 0.25) is 0 Å². The second-order valence-electron chi connectivity index (χ2n) is 4.09. The van der Waals surface area contributed by atoms with E-state index < -0.39 is 0 Å². The molecule has 2 heterocycles. The molecule has 3 aromatic rings. The number of imidazole rings is 1. The van der Waals surface area contributed by atoms with Gasteiger partial charge in [0.05, 0.1) is 11.1 Å². The lowest BCUT2D eigenvalue weighted by molar-refractivity contribution is 0.630. The van der Waals surface area contributed by atoms with E-state index >= 15 is 0 Å². The summed E-state index contributed by atoms with van der Waals surface area (Å²) in [5, 5.41) is 0. The Kier molecular flexibility index (Phi) is 2.63. The van der Waals surface area contributed by atoms with Gasteiger partial charge >= 0.3 is 0 Å². The molecule has 1 N–H and O–H groups in total. The van der Waals surface area contributed by atoms with Crippen molar-refractivity contribution in [1.29, 1.82) is 0 Å². The molecule has 0 amide bonds. The maximum absolute atomic E-state index is 13.8. The van der Waals surface area contributed by atoms with E-state index in [2.05, 4.69) is 30.9 Å². The summed E-state index contributed by atoms with van der Waals surface area (Å²) < 4.78 is 14.6. The molecule has 0 atom stereocenters. The predicted octanol–water partition coefficient (Wildman–Crippen LogP) is 3.83. The number of aromatic amines is 1. The number of nitrogens with zero attached hydrogens (tertiary/aromatic N) is 2. The zero-order valence-electron chi connectivity index (χ0n) is 9.54. The molecule has 0 bridgehead atoms. The van der Waals surface area contributed by atoms with Gasteiger partial charge in [0.15, 0.2) is 5.65 Å². The molecule has 0 aliphatic rings. The zero-order chi connectivity index (χ0) is 12.7. The second-order valence-corrected chi connectivity index (χ2v) is 5.01. The van der Waals surface area contributed by atoms with Gasteiger partial charge in [0, 0.05) is 10.7 Å². The third-order valence-electron chi connectivity index (χ3n) is 2.68. The van der Waals surface area contributed by atoms with Gasteiger partial charge in [-0.1, -0.05) is 11.6 Å². The predicted molar refractivity (Wildman–Crippen MR) is 71.7 cm³/mol. The fourth-order valence-corrected chi connectivity index (χ4v) is 2.15. The molecule has 0 saturated carbocycles. The number of hydrogen-bond donors (Lipinski definition) is 1. The molecule has 0 aliphatic carbocycles. The van der Waals surface area contributed by atoms with Crippen LogP contribution in [0.15, 0.2) is 34.9 Å². The first-order chi connectivity index (χ1) is 8.63. The van der Waals surface area contributed by atoms with Crippen LogP contribution in [0.5, 0.6) is 0 Å². The first kappa shape index (κ1) is 11.3. The minimum absolute atomic E-state index is 0.293. The van der Waals surface area contributed by atoms with Crippen LogP contribution in [0.4, 0.5) is 4.39 Å². The van der Waals surface area contributed by atoms with E-state index in [4.69, 9.17) is 0 Å². The fourth-order valence-electron chi connectivity index (χ4n) is 1.82. The molecular formula is C13H9BrFN3. The van der Waals surface area contributed by atoms with E-state index in [9.17, 15) is 4.39 Å². The monoisotopic (exact) mass is 305 g/mol. The van der Waals surface area contributed by atoms with Crippen LogP contribution in [0, 0.1) is 12.7 Å². The quantitative estimate of drug-likeness (QED) is 0.742. The summed E-state index contributed by atoms with van der Waals surface area (Å²) >= 11 is 3.34. The standard InChI is InChI=1S/C13H9BrFN3/c1-7-2-3-10(15)9(4-7)12-17-11-5-8(14)6-16-13(11)18-12/h2-6H,1H3,(H,16,17,18). The van der Waals surface area contributed by atoms with Gasteiger partial charge in [0.1, 0.15) is 11.6 Å². The molecule has 5 heteroatoms. The van der Waals surface area contributed by atoms with Crippen LogP contribution in [-0.4, -0.2) is 15.0 Å². The summed E-state index contributed by atoms with van der Waals surface area (Å²) in [5.41, 5.74) is 2.81. The highest BCUT2D eigenvalue weighted by Crippen LogP contribution is 2.24. The van der Waals surface area contributed by atoms with Gasteiger partial charge in [-0.2, -0.15) is 0 Å². The lowest BCUT2D eigenvalue weighted by Gasteiger charge is -2.00. The number of nitrogens with one attached hydrogen (secondary N) is 1. The SMILES string of the molecule is Cc1ccc(F)c(-c2nc3ncc(Br)cc3[nH]2)c1.